The lowest BCUT2D eigenvalue weighted by atomic mass is 10.1. The number of amides is 3. The SMILES string of the molecule is CC(Sc1cccc(NC(=O)/C(=C\c2c(Cl)cccc2Cl)NC(=O)c2ccccc2)c1)C(=O)Nc1ccc2c(c1)OCCO2. The van der Waals surface area contributed by atoms with Crippen molar-refractivity contribution in [1.29, 1.82) is 0 Å². The van der Waals surface area contributed by atoms with Crippen LogP contribution in [0, 0.1) is 0 Å². The van der Waals surface area contributed by atoms with Crippen LogP contribution in [-0.2, 0) is 9.59 Å². The maximum Gasteiger partial charge on any atom is 0.272 e. The highest BCUT2D eigenvalue weighted by Crippen LogP contribution is 2.33. The Morgan fingerprint density at radius 2 is 1.48 bits per heavy atom. The van der Waals surface area contributed by atoms with Crippen LogP contribution in [0.3, 0.4) is 0 Å². The van der Waals surface area contributed by atoms with Crippen molar-refractivity contribution in [3.8, 4) is 11.5 Å². The highest BCUT2D eigenvalue weighted by molar-refractivity contribution is 8.00. The van der Waals surface area contributed by atoms with Crippen molar-refractivity contribution in [2.45, 2.75) is 17.1 Å². The second-order valence-electron chi connectivity index (χ2n) is 9.60. The van der Waals surface area contributed by atoms with E-state index in [0.29, 0.717) is 57.3 Å². The second-order valence-corrected chi connectivity index (χ2v) is 11.8. The van der Waals surface area contributed by atoms with Gasteiger partial charge in [0, 0.05) is 43.5 Å². The lowest BCUT2D eigenvalue weighted by molar-refractivity contribution is -0.115. The van der Waals surface area contributed by atoms with Gasteiger partial charge in [0.05, 0.1) is 5.25 Å². The van der Waals surface area contributed by atoms with E-state index in [0.717, 1.165) is 4.90 Å². The summed E-state index contributed by atoms with van der Waals surface area (Å²) in [5, 5.41) is 8.58. The number of benzene rings is 4. The molecule has 1 aliphatic heterocycles. The molecule has 0 spiro atoms. The molecule has 4 aromatic carbocycles. The summed E-state index contributed by atoms with van der Waals surface area (Å²) in [6, 6.07) is 25.8. The molecule has 8 nitrogen and oxygen atoms in total. The van der Waals surface area contributed by atoms with Gasteiger partial charge in [-0.25, -0.2) is 0 Å². The van der Waals surface area contributed by atoms with Crippen LogP contribution in [-0.4, -0.2) is 36.2 Å². The van der Waals surface area contributed by atoms with Gasteiger partial charge >= 0.3 is 0 Å². The molecule has 224 valence electrons. The number of thioether (sulfide) groups is 1. The van der Waals surface area contributed by atoms with Crippen LogP contribution in [0.2, 0.25) is 10.0 Å². The van der Waals surface area contributed by atoms with E-state index >= 15 is 0 Å². The maximum atomic E-state index is 13.5. The summed E-state index contributed by atoms with van der Waals surface area (Å²) >= 11 is 14.0. The molecule has 3 N–H and O–H groups in total. The molecule has 0 fully saturated rings. The van der Waals surface area contributed by atoms with E-state index in [2.05, 4.69) is 16.0 Å². The Morgan fingerprint density at radius 3 is 2.23 bits per heavy atom. The molecular weight excluding hydrogens is 621 g/mol. The first kappa shape index (κ1) is 31.0. The summed E-state index contributed by atoms with van der Waals surface area (Å²) in [5.74, 6) is -0.0353. The smallest absolute Gasteiger partial charge is 0.272 e. The van der Waals surface area contributed by atoms with Crippen molar-refractivity contribution in [2.75, 3.05) is 23.8 Å². The van der Waals surface area contributed by atoms with Crippen LogP contribution < -0.4 is 25.4 Å². The lowest BCUT2D eigenvalue weighted by Crippen LogP contribution is -2.30. The minimum absolute atomic E-state index is 0.0564. The Bertz CT molecular complexity index is 1710. The molecule has 0 aromatic heterocycles. The average molecular weight is 649 g/mol. The fraction of sp³-hybridized carbons (Fsp3) is 0.121. The molecule has 5 rings (SSSR count). The predicted octanol–water partition coefficient (Wildman–Crippen LogP) is 7.29. The summed E-state index contributed by atoms with van der Waals surface area (Å²) < 4.78 is 11.1. The molecule has 44 heavy (non-hydrogen) atoms. The Kier molecular flexibility index (Phi) is 10.1. The zero-order valence-electron chi connectivity index (χ0n) is 23.4. The molecule has 0 radical (unpaired) electrons. The van der Waals surface area contributed by atoms with E-state index < -0.39 is 17.1 Å². The lowest BCUT2D eigenvalue weighted by Gasteiger charge is -2.19. The number of fused-ring (bicyclic) bond motifs is 1. The van der Waals surface area contributed by atoms with Gasteiger partial charge in [0.1, 0.15) is 18.9 Å². The van der Waals surface area contributed by atoms with Crippen LogP contribution >= 0.6 is 35.0 Å². The monoisotopic (exact) mass is 647 g/mol. The quantitative estimate of drug-likeness (QED) is 0.130. The topological polar surface area (TPSA) is 106 Å². The van der Waals surface area contributed by atoms with Crippen molar-refractivity contribution in [2.24, 2.45) is 0 Å². The number of anilines is 2. The number of hydrogen-bond donors (Lipinski definition) is 3. The fourth-order valence-corrected chi connectivity index (χ4v) is 5.64. The first-order valence-corrected chi connectivity index (χ1v) is 15.2. The van der Waals surface area contributed by atoms with Gasteiger partial charge in [-0.2, -0.15) is 0 Å². The number of carbonyl (C=O) groups excluding carboxylic acids is 3. The molecule has 0 aliphatic carbocycles. The largest absolute Gasteiger partial charge is 0.486 e. The van der Waals surface area contributed by atoms with Crippen molar-refractivity contribution >= 4 is 70.1 Å². The third-order valence-corrected chi connectivity index (χ3v) is 8.15. The second kappa shape index (κ2) is 14.4. The van der Waals surface area contributed by atoms with E-state index in [1.165, 1.54) is 17.8 Å². The predicted molar refractivity (Wildman–Crippen MR) is 175 cm³/mol. The minimum atomic E-state index is -0.586. The zero-order valence-corrected chi connectivity index (χ0v) is 25.8. The molecule has 0 saturated heterocycles. The van der Waals surface area contributed by atoms with Gasteiger partial charge in [0.2, 0.25) is 5.91 Å². The third kappa shape index (κ3) is 7.93. The first-order valence-electron chi connectivity index (χ1n) is 13.6. The first-order chi connectivity index (χ1) is 21.3. The van der Waals surface area contributed by atoms with Gasteiger partial charge in [0.15, 0.2) is 11.5 Å². The number of halogens is 2. The Labute approximate surface area is 268 Å². The van der Waals surface area contributed by atoms with Crippen molar-refractivity contribution < 1.29 is 23.9 Å². The molecular formula is C33H27Cl2N3O5S. The third-order valence-electron chi connectivity index (χ3n) is 6.40. The fourth-order valence-electron chi connectivity index (χ4n) is 4.20. The number of nitrogens with one attached hydrogen (secondary N) is 3. The summed E-state index contributed by atoms with van der Waals surface area (Å²) in [6.45, 7) is 2.73. The number of rotatable bonds is 9. The van der Waals surface area contributed by atoms with Crippen molar-refractivity contribution in [3.63, 3.8) is 0 Å². The highest BCUT2D eigenvalue weighted by Gasteiger charge is 2.19. The molecule has 1 unspecified atom stereocenters. The summed E-state index contributed by atoms with van der Waals surface area (Å²) in [7, 11) is 0. The van der Waals surface area contributed by atoms with Crippen LogP contribution in [0.1, 0.15) is 22.8 Å². The Hall–Kier alpha value is -4.44. The molecule has 11 heteroatoms. The number of hydrogen-bond acceptors (Lipinski definition) is 6. The Morgan fingerprint density at radius 1 is 0.795 bits per heavy atom. The van der Waals surface area contributed by atoms with E-state index in [1.807, 2.05) is 6.07 Å². The maximum absolute atomic E-state index is 13.5. The normalized spacial score (nSPS) is 13.0. The van der Waals surface area contributed by atoms with E-state index in [9.17, 15) is 14.4 Å². The van der Waals surface area contributed by atoms with Gasteiger partial charge in [-0.05, 0) is 67.6 Å². The van der Waals surface area contributed by atoms with Gasteiger partial charge in [0.25, 0.3) is 11.8 Å². The molecule has 1 aliphatic rings. The van der Waals surface area contributed by atoms with Crippen molar-refractivity contribution in [1.82, 2.24) is 5.32 Å². The van der Waals surface area contributed by atoms with E-state index in [1.54, 1.807) is 91.9 Å². The van der Waals surface area contributed by atoms with Gasteiger partial charge < -0.3 is 25.4 Å². The van der Waals surface area contributed by atoms with Crippen molar-refractivity contribution in [3.05, 3.63) is 118 Å². The molecule has 1 atom stereocenters. The van der Waals surface area contributed by atoms with Crippen LogP contribution in [0.5, 0.6) is 11.5 Å². The molecule has 1 heterocycles. The van der Waals surface area contributed by atoms with Crippen LogP contribution in [0.15, 0.2) is 102 Å². The summed E-state index contributed by atoms with van der Waals surface area (Å²) in [5.41, 5.74) is 1.77. The van der Waals surface area contributed by atoms with Gasteiger partial charge in [-0.3, -0.25) is 14.4 Å². The van der Waals surface area contributed by atoms with Crippen LogP contribution in [0.4, 0.5) is 11.4 Å². The van der Waals surface area contributed by atoms with Crippen LogP contribution in [0.25, 0.3) is 6.08 Å². The highest BCUT2D eigenvalue weighted by atomic mass is 35.5. The molecule has 0 bridgehead atoms. The Balaban J connectivity index is 1.29. The summed E-state index contributed by atoms with van der Waals surface area (Å²) in [6.07, 6.45) is 1.43. The summed E-state index contributed by atoms with van der Waals surface area (Å²) in [4.78, 5) is 40.1. The molecule has 3 amide bonds. The zero-order chi connectivity index (χ0) is 31.1. The standard InChI is InChI=1S/C33H27Cl2N3O5S/c1-20(31(39)36-23-13-14-29-30(18-23)43-16-15-42-29)44-24-10-5-9-22(17-24)37-33(41)28(19-25-26(34)11-6-12-27(25)35)38-32(40)21-7-3-2-4-8-21/h2-14,17-20H,15-16H2,1H3,(H,36,39)(H,37,41)(H,38,40)/b28-19+. The molecule has 0 saturated carbocycles. The number of ether oxygens (including phenoxy) is 2. The van der Waals surface area contributed by atoms with E-state index in [-0.39, 0.29) is 11.6 Å². The molecule has 4 aromatic rings. The van der Waals surface area contributed by atoms with Gasteiger partial charge in [-0.15, -0.1) is 11.8 Å². The van der Waals surface area contributed by atoms with E-state index in [4.69, 9.17) is 32.7 Å². The minimum Gasteiger partial charge on any atom is -0.486 e. The van der Waals surface area contributed by atoms with Gasteiger partial charge in [-0.1, -0.05) is 53.5 Å². The number of carbonyl (C=O) groups is 3. The average Bonchev–Trinajstić information content (AvgIpc) is 3.02.